The SMILES string of the molecule is CCOC(=O)C1(C)CN(CC(=O)Nc2ccc(C(F)(F)F)cc2F)N=C1c1ccc(C(F)(F)F)c(Cl)c1. The van der Waals surface area contributed by atoms with Gasteiger partial charge in [-0.3, -0.25) is 14.6 Å². The molecule has 37 heavy (non-hydrogen) atoms. The van der Waals surface area contributed by atoms with Crippen LogP contribution >= 0.6 is 11.6 Å². The summed E-state index contributed by atoms with van der Waals surface area (Å²) in [6, 6.07) is 4.37. The Labute approximate surface area is 211 Å². The molecule has 14 heteroatoms. The summed E-state index contributed by atoms with van der Waals surface area (Å²) in [5.41, 5.74) is -4.30. The van der Waals surface area contributed by atoms with Crippen molar-refractivity contribution < 1.29 is 45.1 Å². The Morgan fingerprint density at radius 2 is 1.78 bits per heavy atom. The van der Waals surface area contributed by atoms with Crippen molar-refractivity contribution in [2.45, 2.75) is 26.2 Å². The highest BCUT2D eigenvalue weighted by Gasteiger charge is 2.47. The maximum absolute atomic E-state index is 14.1. The molecular formula is C23H19ClF7N3O3. The molecular weight excluding hydrogens is 535 g/mol. The van der Waals surface area contributed by atoms with Crippen molar-refractivity contribution in [2.24, 2.45) is 10.5 Å². The number of amides is 1. The summed E-state index contributed by atoms with van der Waals surface area (Å²) in [6.07, 6.45) is -9.49. The number of benzene rings is 2. The van der Waals surface area contributed by atoms with E-state index in [2.05, 4.69) is 10.4 Å². The summed E-state index contributed by atoms with van der Waals surface area (Å²) < 4.78 is 96.7. The predicted molar refractivity (Wildman–Crippen MR) is 119 cm³/mol. The minimum Gasteiger partial charge on any atom is -0.465 e. The average Bonchev–Trinajstić information content (AvgIpc) is 3.10. The third-order valence-corrected chi connectivity index (χ3v) is 5.75. The van der Waals surface area contributed by atoms with Gasteiger partial charge < -0.3 is 10.1 Å². The summed E-state index contributed by atoms with van der Waals surface area (Å²) in [6.45, 7) is 2.16. The first-order valence-corrected chi connectivity index (χ1v) is 11.0. The van der Waals surface area contributed by atoms with Crippen molar-refractivity contribution in [3.05, 3.63) is 63.9 Å². The number of carbonyl (C=O) groups excluding carboxylic acids is 2. The zero-order valence-corrected chi connectivity index (χ0v) is 20.0. The Bertz CT molecular complexity index is 1250. The third kappa shape index (κ3) is 6.14. The predicted octanol–water partition coefficient (Wildman–Crippen LogP) is 5.74. The molecule has 0 fully saturated rings. The van der Waals surface area contributed by atoms with Gasteiger partial charge in [0, 0.05) is 5.56 Å². The summed E-state index contributed by atoms with van der Waals surface area (Å²) in [5.74, 6) is -2.95. The van der Waals surface area contributed by atoms with E-state index >= 15 is 0 Å². The number of hydrogen-bond donors (Lipinski definition) is 1. The normalized spacial score (nSPS) is 18.0. The first-order chi connectivity index (χ1) is 17.1. The van der Waals surface area contributed by atoms with E-state index in [1.807, 2.05) is 0 Å². The van der Waals surface area contributed by atoms with E-state index in [4.69, 9.17) is 16.3 Å². The molecule has 1 atom stereocenters. The first kappa shape index (κ1) is 28.2. The number of hydrogen-bond acceptors (Lipinski definition) is 5. The number of nitrogens with zero attached hydrogens (tertiary/aromatic N) is 2. The fourth-order valence-electron chi connectivity index (χ4n) is 3.69. The fourth-order valence-corrected chi connectivity index (χ4v) is 3.97. The third-order valence-electron chi connectivity index (χ3n) is 5.43. The number of nitrogens with one attached hydrogen (secondary N) is 1. The Morgan fingerprint density at radius 1 is 1.11 bits per heavy atom. The zero-order chi connectivity index (χ0) is 27.8. The lowest BCUT2D eigenvalue weighted by Crippen LogP contribution is -2.41. The molecule has 0 saturated carbocycles. The number of alkyl halides is 6. The minimum absolute atomic E-state index is 0.0108. The molecule has 1 N–H and O–H groups in total. The second-order valence-electron chi connectivity index (χ2n) is 8.26. The van der Waals surface area contributed by atoms with Crippen LogP contribution in [0.1, 0.15) is 30.5 Å². The van der Waals surface area contributed by atoms with E-state index in [0.29, 0.717) is 6.07 Å². The van der Waals surface area contributed by atoms with Crippen molar-refractivity contribution in [1.29, 1.82) is 0 Å². The van der Waals surface area contributed by atoms with Crippen molar-refractivity contribution in [2.75, 3.05) is 25.0 Å². The van der Waals surface area contributed by atoms with Gasteiger partial charge in [-0.05, 0) is 44.2 Å². The summed E-state index contributed by atoms with van der Waals surface area (Å²) >= 11 is 5.82. The number of hydrazone groups is 1. The maximum Gasteiger partial charge on any atom is 0.417 e. The molecule has 2 aromatic carbocycles. The molecule has 0 spiro atoms. The largest absolute Gasteiger partial charge is 0.465 e. The lowest BCUT2D eigenvalue weighted by molar-refractivity contribution is -0.150. The van der Waals surface area contributed by atoms with Gasteiger partial charge in [0.2, 0.25) is 5.91 Å². The number of ether oxygens (including phenoxy) is 1. The minimum atomic E-state index is -4.78. The van der Waals surface area contributed by atoms with Crippen LogP contribution in [0.3, 0.4) is 0 Å². The number of rotatable bonds is 6. The number of carbonyl (C=O) groups is 2. The van der Waals surface area contributed by atoms with Crippen LogP contribution in [0.25, 0.3) is 0 Å². The molecule has 1 heterocycles. The molecule has 0 aliphatic carbocycles. The van der Waals surface area contributed by atoms with Crippen LogP contribution in [0.15, 0.2) is 41.5 Å². The van der Waals surface area contributed by atoms with Gasteiger partial charge in [-0.15, -0.1) is 0 Å². The average molecular weight is 554 g/mol. The van der Waals surface area contributed by atoms with E-state index in [9.17, 15) is 40.3 Å². The summed E-state index contributed by atoms with van der Waals surface area (Å²) in [7, 11) is 0. The van der Waals surface area contributed by atoms with Crippen LogP contribution in [-0.4, -0.2) is 42.3 Å². The van der Waals surface area contributed by atoms with Crippen LogP contribution in [0.5, 0.6) is 0 Å². The van der Waals surface area contributed by atoms with Gasteiger partial charge in [-0.25, -0.2) is 4.39 Å². The molecule has 200 valence electrons. The van der Waals surface area contributed by atoms with Crippen LogP contribution in [0.4, 0.5) is 36.4 Å². The smallest absolute Gasteiger partial charge is 0.417 e. The van der Waals surface area contributed by atoms with Gasteiger partial charge >= 0.3 is 18.3 Å². The van der Waals surface area contributed by atoms with E-state index in [1.165, 1.54) is 6.92 Å². The highest BCUT2D eigenvalue weighted by Crippen LogP contribution is 2.38. The van der Waals surface area contributed by atoms with E-state index in [-0.39, 0.29) is 30.5 Å². The van der Waals surface area contributed by atoms with E-state index in [0.717, 1.165) is 29.3 Å². The molecule has 0 radical (unpaired) electrons. The Morgan fingerprint density at radius 3 is 2.32 bits per heavy atom. The highest BCUT2D eigenvalue weighted by atomic mass is 35.5. The Kier molecular flexibility index (Phi) is 7.77. The fraction of sp³-hybridized carbons (Fsp3) is 0.348. The molecule has 6 nitrogen and oxygen atoms in total. The van der Waals surface area contributed by atoms with Gasteiger partial charge in [0.15, 0.2) is 0 Å². The molecule has 0 aromatic heterocycles. The van der Waals surface area contributed by atoms with Crippen LogP contribution in [-0.2, 0) is 26.7 Å². The molecule has 3 rings (SSSR count). The molecule has 0 bridgehead atoms. The van der Waals surface area contributed by atoms with Crippen molar-refractivity contribution >= 4 is 34.9 Å². The molecule has 2 aromatic rings. The Hall–Kier alpha value is -3.35. The van der Waals surface area contributed by atoms with Crippen LogP contribution in [0.2, 0.25) is 5.02 Å². The highest BCUT2D eigenvalue weighted by molar-refractivity contribution is 6.32. The van der Waals surface area contributed by atoms with Gasteiger partial charge in [0.25, 0.3) is 0 Å². The monoisotopic (exact) mass is 553 g/mol. The van der Waals surface area contributed by atoms with Crippen molar-refractivity contribution in [3.8, 4) is 0 Å². The van der Waals surface area contributed by atoms with Gasteiger partial charge in [-0.2, -0.15) is 31.4 Å². The lowest BCUT2D eigenvalue weighted by Gasteiger charge is -2.24. The van der Waals surface area contributed by atoms with Gasteiger partial charge in [-0.1, -0.05) is 17.7 Å². The summed E-state index contributed by atoms with van der Waals surface area (Å²) in [5, 5.41) is 6.81. The molecule has 1 amide bonds. The second-order valence-corrected chi connectivity index (χ2v) is 8.66. The number of esters is 1. The van der Waals surface area contributed by atoms with Gasteiger partial charge in [0.05, 0.1) is 40.7 Å². The van der Waals surface area contributed by atoms with Crippen molar-refractivity contribution in [3.63, 3.8) is 0 Å². The molecule has 1 unspecified atom stereocenters. The summed E-state index contributed by atoms with van der Waals surface area (Å²) in [4.78, 5) is 25.2. The Balaban J connectivity index is 1.87. The lowest BCUT2D eigenvalue weighted by atomic mass is 9.82. The van der Waals surface area contributed by atoms with E-state index < -0.39 is 63.8 Å². The topological polar surface area (TPSA) is 71.0 Å². The maximum atomic E-state index is 14.1. The van der Waals surface area contributed by atoms with Gasteiger partial charge in [0.1, 0.15) is 17.8 Å². The molecule has 0 saturated heterocycles. The van der Waals surface area contributed by atoms with E-state index in [1.54, 1.807) is 6.92 Å². The zero-order valence-electron chi connectivity index (χ0n) is 19.2. The second kappa shape index (κ2) is 10.2. The quantitative estimate of drug-likeness (QED) is 0.366. The van der Waals surface area contributed by atoms with Crippen LogP contribution in [0, 0.1) is 11.2 Å². The molecule has 1 aliphatic heterocycles. The number of halogens is 8. The first-order valence-electron chi connectivity index (χ1n) is 10.6. The number of anilines is 1. The molecule has 1 aliphatic rings. The standard InChI is InChI=1S/C23H19ClF7N3O3/c1-3-37-20(36)21(2)11-34(33-19(21)12-4-6-14(15(24)8-12)23(29,30)31)10-18(35)32-17-7-5-13(9-16(17)25)22(26,27)28/h4-9H,3,10-11H2,1-2H3,(H,32,35). The van der Waals surface area contributed by atoms with Crippen LogP contribution < -0.4 is 5.32 Å². The van der Waals surface area contributed by atoms with Crippen molar-refractivity contribution in [1.82, 2.24) is 5.01 Å².